The molecule has 3 atom stereocenters. The minimum Gasteiger partial charge on any atom is -0.481 e. The Kier molecular flexibility index (Phi) is 12.7. The third-order valence-electron chi connectivity index (χ3n) is 4.10. The van der Waals surface area contributed by atoms with Crippen molar-refractivity contribution in [2.24, 2.45) is 23.5 Å². The summed E-state index contributed by atoms with van der Waals surface area (Å²) in [4.78, 5) is 35.7. The van der Waals surface area contributed by atoms with Gasteiger partial charge >= 0.3 is 17.9 Å². The highest BCUT2D eigenvalue weighted by molar-refractivity contribution is 5.77. The highest BCUT2D eigenvalue weighted by atomic mass is 16.5. The smallest absolute Gasteiger partial charge is 0.309 e. The molecule has 4 N–H and O–H groups in total. The summed E-state index contributed by atoms with van der Waals surface area (Å²) in [7, 11) is 1.76. The molecule has 0 heterocycles. The Morgan fingerprint density at radius 1 is 0.960 bits per heavy atom. The minimum atomic E-state index is -0.955. The van der Waals surface area contributed by atoms with Gasteiger partial charge in [0.1, 0.15) is 13.2 Å². The summed E-state index contributed by atoms with van der Waals surface area (Å²) < 4.78 is 10.3. The third-order valence-corrected chi connectivity index (χ3v) is 4.10. The van der Waals surface area contributed by atoms with E-state index in [2.05, 4.69) is 5.32 Å². The quantitative estimate of drug-likeness (QED) is 0.306. The van der Waals surface area contributed by atoms with Gasteiger partial charge in [-0.25, -0.2) is 0 Å². The normalized spacial score (nSPS) is 14.4. The van der Waals surface area contributed by atoms with Gasteiger partial charge in [-0.3, -0.25) is 14.4 Å². The fourth-order valence-electron chi connectivity index (χ4n) is 2.50. The van der Waals surface area contributed by atoms with Gasteiger partial charge in [0.2, 0.25) is 0 Å². The molecular formula is C17H32N2O6. The highest BCUT2D eigenvalue weighted by Gasteiger charge is 2.32. The average Bonchev–Trinajstić information content (AvgIpc) is 2.59. The summed E-state index contributed by atoms with van der Waals surface area (Å²) in [5.41, 5.74) is 5.34. The van der Waals surface area contributed by atoms with Crippen LogP contribution in [0.4, 0.5) is 0 Å². The SMILES string of the molecule is CCC(CC(CC(CC)C(=O)OCCNC)C(=O)OCCN)C(=O)O. The highest BCUT2D eigenvalue weighted by Crippen LogP contribution is 2.26. The molecule has 0 aliphatic rings. The molecule has 0 aromatic rings. The van der Waals surface area contributed by atoms with E-state index in [1.165, 1.54) is 0 Å². The molecule has 0 spiro atoms. The van der Waals surface area contributed by atoms with Crippen LogP contribution in [0, 0.1) is 17.8 Å². The predicted octanol–water partition coefficient (Wildman–Crippen LogP) is 0.784. The standard InChI is InChI=1S/C17H32N2O6/c1-4-12(15(20)21)10-14(17(23)24-8-6-18)11-13(5-2)16(22)25-9-7-19-3/h12-14,19H,4-11,18H2,1-3H3,(H,20,21). The van der Waals surface area contributed by atoms with E-state index in [-0.39, 0.29) is 38.6 Å². The van der Waals surface area contributed by atoms with E-state index < -0.39 is 29.7 Å². The first-order valence-electron chi connectivity index (χ1n) is 8.81. The first-order chi connectivity index (χ1) is 11.9. The Hall–Kier alpha value is -1.67. The van der Waals surface area contributed by atoms with Crippen LogP contribution in [0.2, 0.25) is 0 Å². The molecule has 8 nitrogen and oxygen atoms in total. The molecule has 0 radical (unpaired) electrons. The maximum Gasteiger partial charge on any atom is 0.309 e. The van der Waals surface area contributed by atoms with Gasteiger partial charge in [0.25, 0.3) is 0 Å². The van der Waals surface area contributed by atoms with E-state index in [1.54, 1.807) is 14.0 Å². The predicted molar refractivity (Wildman–Crippen MR) is 92.8 cm³/mol. The zero-order valence-electron chi connectivity index (χ0n) is 15.5. The van der Waals surface area contributed by atoms with Crippen molar-refractivity contribution in [1.29, 1.82) is 0 Å². The maximum atomic E-state index is 12.3. The van der Waals surface area contributed by atoms with Crippen molar-refractivity contribution >= 4 is 17.9 Å². The maximum absolute atomic E-state index is 12.3. The first kappa shape index (κ1) is 23.3. The molecule has 0 rings (SSSR count). The number of carboxylic acid groups (broad SMARTS) is 1. The van der Waals surface area contributed by atoms with Crippen LogP contribution in [0.25, 0.3) is 0 Å². The lowest BCUT2D eigenvalue weighted by Gasteiger charge is -2.23. The number of esters is 2. The lowest BCUT2D eigenvalue weighted by atomic mass is 9.85. The van der Waals surface area contributed by atoms with Crippen LogP contribution in [0.1, 0.15) is 39.5 Å². The summed E-state index contributed by atoms with van der Waals surface area (Å²) in [6.45, 7) is 4.65. The Morgan fingerprint density at radius 2 is 1.48 bits per heavy atom. The van der Waals surface area contributed by atoms with Gasteiger partial charge < -0.3 is 25.6 Å². The van der Waals surface area contributed by atoms with Crippen LogP contribution in [0.3, 0.4) is 0 Å². The molecule has 0 fully saturated rings. The molecule has 25 heavy (non-hydrogen) atoms. The van der Waals surface area contributed by atoms with E-state index in [0.717, 1.165) is 0 Å². The zero-order valence-corrected chi connectivity index (χ0v) is 15.5. The molecule has 8 heteroatoms. The Bertz CT molecular complexity index is 416. The Balaban J connectivity index is 4.99. The lowest BCUT2D eigenvalue weighted by molar-refractivity contribution is -0.153. The number of rotatable bonds is 14. The molecule has 0 aliphatic carbocycles. The van der Waals surface area contributed by atoms with Crippen LogP contribution >= 0.6 is 0 Å². The second-order valence-corrected chi connectivity index (χ2v) is 5.94. The number of nitrogens with two attached hydrogens (primary N) is 1. The van der Waals surface area contributed by atoms with Crippen molar-refractivity contribution in [1.82, 2.24) is 5.32 Å². The Morgan fingerprint density at radius 3 is 1.96 bits per heavy atom. The molecule has 0 amide bonds. The number of hydrogen-bond donors (Lipinski definition) is 3. The van der Waals surface area contributed by atoms with Crippen LogP contribution in [0.5, 0.6) is 0 Å². The monoisotopic (exact) mass is 360 g/mol. The lowest BCUT2D eigenvalue weighted by Crippen LogP contribution is -2.30. The van der Waals surface area contributed by atoms with Gasteiger partial charge in [-0.05, 0) is 32.7 Å². The number of carboxylic acids is 1. The van der Waals surface area contributed by atoms with Gasteiger partial charge in [0.15, 0.2) is 0 Å². The Labute approximate surface area is 149 Å². The number of likely N-dealkylation sites (N-methyl/N-ethyl adjacent to an activating group) is 1. The molecule has 3 unspecified atom stereocenters. The number of hydrogen-bond acceptors (Lipinski definition) is 7. The van der Waals surface area contributed by atoms with Crippen LogP contribution in [-0.2, 0) is 23.9 Å². The number of nitrogens with one attached hydrogen (secondary N) is 1. The van der Waals surface area contributed by atoms with Crippen LogP contribution in [0.15, 0.2) is 0 Å². The van der Waals surface area contributed by atoms with Crippen molar-refractivity contribution in [3.05, 3.63) is 0 Å². The summed E-state index contributed by atoms with van der Waals surface area (Å²) in [6.07, 6.45) is 1.25. The van der Waals surface area contributed by atoms with E-state index in [0.29, 0.717) is 19.4 Å². The van der Waals surface area contributed by atoms with Crippen molar-refractivity contribution in [2.45, 2.75) is 39.5 Å². The van der Waals surface area contributed by atoms with Crippen molar-refractivity contribution < 1.29 is 29.0 Å². The zero-order chi connectivity index (χ0) is 19.2. The van der Waals surface area contributed by atoms with Crippen molar-refractivity contribution in [3.8, 4) is 0 Å². The molecule has 0 aromatic carbocycles. The molecule has 0 aliphatic heterocycles. The average molecular weight is 360 g/mol. The molecule has 0 saturated carbocycles. The topological polar surface area (TPSA) is 128 Å². The molecule has 0 bridgehead atoms. The fraction of sp³-hybridized carbons (Fsp3) is 0.824. The molecule has 146 valence electrons. The minimum absolute atomic E-state index is 0.0720. The third kappa shape index (κ3) is 9.40. The summed E-state index contributed by atoms with van der Waals surface area (Å²) in [6, 6.07) is 0. The van der Waals surface area contributed by atoms with E-state index >= 15 is 0 Å². The second kappa shape index (κ2) is 13.6. The van der Waals surface area contributed by atoms with Crippen LogP contribution in [-0.4, -0.2) is 56.4 Å². The summed E-state index contributed by atoms with van der Waals surface area (Å²) in [5, 5.41) is 12.1. The number of carbonyl (C=O) groups is 3. The van der Waals surface area contributed by atoms with Gasteiger partial charge in [0.05, 0.1) is 17.8 Å². The summed E-state index contributed by atoms with van der Waals surface area (Å²) in [5.74, 6) is -3.64. The van der Waals surface area contributed by atoms with Gasteiger partial charge in [-0.2, -0.15) is 0 Å². The van der Waals surface area contributed by atoms with Crippen LogP contribution < -0.4 is 11.1 Å². The van der Waals surface area contributed by atoms with E-state index in [4.69, 9.17) is 15.2 Å². The van der Waals surface area contributed by atoms with E-state index in [1.807, 2.05) is 6.92 Å². The molecular weight excluding hydrogens is 328 g/mol. The first-order valence-corrected chi connectivity index (χ1v) is 8.81. The van der Waals surface area contributed by atoms with Gasteiger partial charge in [-0.15, -0.1) is 0 Å². The second-order valence-electron chi connectivity index (χ2n) is 5.94. The summed E-state index contributed by atoms with van der Waals surface area (Å²) >= 11 is 0. The van der Waals surface area contributed by atoms with Gasteiger partial charge in [0, 0.05) is 13.1 Å². The largest absolute Gasteiger partial charge is 0.481 e. The fourth-order valence-corrected chi connectivity index (χ4v) is 2.50. The van der Waals surface area contributed by atoms with E-state index in [9.17, 15) is 19.5 Å². The van der Waals surface area contributed by atoms with Crippen molar-refractivity contribution in [3.63, 3.8) is 0 Å². The number of carbonyl (C=O) groups excluding carboxylic acids is 2. The molecule has 0 saturated heterocycles. The van der Waals surface area contributed by atoms with Gasteiger partial charge in [-0.1, -0.05) is 13.8 Å². The van der Waals surface area contributed by atoms with Crippen molar-refractivity contribution in [2.75, 3.05) is 33.4 Å². The molecule has 0 aromatic heterocycles. The number of aliphatic carboxylic acids is 1. The number of ether oxygens (including phenoxy) is 2.